The molecule has 0 spiro atoms. The van der Waals surface area contributed by atoms with Crippen molar-refractivity contribution in [2.75, 3.05) is 13.2 Å². The molecule has 0 saturated heterocycles. The Morgan fingerprint density at radius 3 is 0.827 bits per heavy atom. The zero-order valence-electron chi connectivity index (χ0n) is 49.3. The molecule has 0 saturated carbocycles. The molecule has 0 aromatic carbocycles. The fourth-order valence-corrected chi connectivity index (χ4v) is 8.83. The summed E-state index contributed by atoms with van der Waals surface area (Å²) in [5.41, 5.74) is 0. The number of allylic oxidation sites excluding steroid dienone is 16. The lowest BCUT2D eigenvalue weighted by Gasteiger charge is -2.18. The maximum Gasteiger partial charge on any atom is 0.306 e. The minimum atomic E-state index is -0.778. The van der Waals surface area contributed by atoms with E-state index in [0.717, 1.165) is 109 Å². The van der Waals surface area contributed by atoms with E-state index in [4.69, 9.17) is 14.2 Å². The van der Waals surface area contributed by atoms with Crippen LogP contribution in [0.2, 0.25) is 0 Å². The first-order valence-electron chi connectivity index (χ1n) is 31.7. The molecule has 0 aliphatic rings. The summed E-state index contributed by atoms with van der Waals surface area (Å²) >= 11 is 0. The van der Waals surface area contributed by atoms with Crippen LogP contribution in [0.25, 0.3) is 0 Å². The lowest BCUT2D eigenvalue weighted by atomic mass is 10.1. The average Bonchev–Trinajstić information content (AvgIpc) is 3.41. The maximum atomic E-state index is 12.8. The van der Waals surface area contributed by atoms with Gasteiger partial charge >= 0.3 is 17.9 Å². The third-order valence-corrected chi connectivity index (χ3v) is 13.6. The summed E-state index contributed by atoms with van der Waals surface area (Å²) in [6.45, 7) is 6.49. The summed E-state index contributed by atoms with van der Waals surface area (Å²) in [7, 11) is 0. The van der Waals surface area contributed by atoms with Crippen LogP contribution in [-0.2, 0) is 28.6 Å². The van der Waals surface area contributed by atoms with Crippen molar-refractivity contribution in [2.45, 2.75) is 309 Å². The molecule has 0 bridgehead atoms. The Morgan fingerprint density at radius 2 is 0.520 bits per heavy atom. The van der Waals surface area contributed by atoms with E-state index in [-0.39, 0.29) is 31.1 Å². The molecule has 1 unspecified atom stereocenters. The van der Waals surface area contributed by atoms with Crippen LogP contribution < -0.4 is 0 Å². The van der Waals surface area contributed by atoms with Crippen LogP contribution in [0.5, 0.6) is 0 Å². The SMILES string of the molecule is CC/C=C\C/C=C\C/C=C\C/C=C\C/C=C\C/C=C\C/C=C\CCCCCCCCCCCC(=O)OCC(COC(=O)CCCCCCCCC)OC(=O)CCCCCCCCCCC/C=C\CCCCCCCC. The van der Waals surface area contributed by atoms with E-state index < -0.39 is 6.10 Å². The second-order valence-corrected chi connectivity index (χ2v) is 20.9. The molecule has 6 nitrogen and oxygen atoms in total. The molecular formula is C69H118O6. The van der Waals surface area contributed by atoms with Crippen molar-refractivity contribution in [3.63, 3.8) is 0 Å². The van der Waals surface area contributed by atoms with Crippen LogP contribution in [0.15, 0.2) is 97.2 Å². The van der Waals surface area contributed by atoms with Gasteiger partial charge in [0.1, 0.15) is 13.2 Å². The Bertz CT molecular complexity index is 1480. The van der Waals surface area contributed by atoms with Crippen molar-refractivity contribution >= 4 is 17.9 Å². The quantitative estimate of drug-likeness (QED) is 0.0261. The third-order valence-electron chi connectivity index (χ3n) is 13.6. The zero-order valence-corrected chi connectivity index (χ0v) is 49.3. The number of carbonyl (C=O) groups is 3. The van der Waals surface area contributed by atoms with Crippen molar-refractivity contribution < 1.29 is 28.6 Å². The Balaban J connectivity index is 4.14. The predicted octanol–water partition coefficient (Wildman–Crippen LogP) is 21.7. The van der Waals surface area contributed by atoms with Gasteiger partial charge in [-0.15, -0.1) is 0 Å². The van der Waals surface area contributed by atoms with Gasteiger partial charge in [-0.05, 0) is 103 Å². The van der Waals surface area contributed by atoms with Gasteiger partial charge in [-0.3, -0.25) is 14.4 Å². The van der Waals surface area contributed by atoms with Gasteiger partial charge in [0.05, 0.1) is 0 Å². The monoisotopic (exact) mass is 1040 g/mol. The largest absolute Gasteiger partial charge is 0.462 e. The highest BCUT2D eigenvalue weighted by Gasteiger charge is 2.19. The van der Waals surface area contributed by atoms with Gasteiger partial charge < -0.3 is 14.2 Å². The smallest absolute Gasteiger partial charge is 0.306 e. The summed E-state index contributed by atoms with van der Waals surface area (Å²) in [5.74, 6) is -0.885. The van der Waals surface area contributed by atoms with Gasteiger partial charge in [0.15, 0.2) is 6.10 Å². The lowest BCUT2D eigenvalue weighted by molar-refractivity contribution is -0.167. The summed E-state index contributed by atoms with van der Waals surface area (Å²) < 4.78 is 16.8. The minimum Gasteiger partial charge on any atom is -0.462 e. The van der Waals surface area contributed by atoms with E-state index in [2.05, 4.69) is 118 Å². The van der Waals surface area contributed by atoms with Crippen molar-refractivity contribution in [1.82, 2.24) is 0 Å². The van der Waals surface area contributed by atoms with Crippen LogP contribution in [0, 0.1) is 0 Å². The van der Waals surface area contributed by atoms with E-state index >= 15 is 0 Å². The van der Waals surface area contributed by atoms with Crippen LogP contribution >= 0.6 is 0 Å². The Labute approximate surface area is 464 Å². The van der Waals surface area contributed by atoms with Crippen molar-refractivity contribution in [3.8, 4) is 0 Å². The molecular weight excluding hydrogens is 925 g/mol. The van der Waals surface area contributed by atoms with Crippen molar-refractivity contribution in [1.29, 1.82) is 0 Å². The van der Waals surface area contributed by atoms with Gasteiger partial charge in [0.2, 0.25) is 0 Å². The fourth-order valence-electron chi connectivity index (χ4n) is 8.83. The molecule has 0 aliphatic heterocycles. The highest BCUT2D eigenvalue weighted by atomic mass is 16.6. The van der Waals surface area contributed by atoms with E-state index in [1.165, 1.54) is 154 Å². The van der Waals surface area contributed by atoms with E-state index in [1.807, 2.05) is 0 Å². The first-order valence-corrected chi connectivity index (χ1v) is 31.7. The number of hydrogen-bond acceptors (Lipinski definition) is 6. The number of rotatable bonds is 57. The maximum absolute atomic E-state index is 12.8. The van der Waals surface area contributed by atoms with Gasteiger partial charge in [-0.25, -0.2) is 0 Å². The standard InChI is InChI=1S/C69H118O6/c1-4-7-10-13-16-18-20-22-24-26-28-29-30-31-32-33-34-35-36-37-38-39-41-42-44-46-48-50-53-56-59-62-68(71)74-65-66(64-73-67(70)61-58-55-52-15-12-9-6-3)75-69(72)63-60-57-54-51-49-47-45-43-40-27-25-23-21-19-17-14-11-8-5-2/h7,10,16,18,22-25,28-29,31-32,34-35,37-38,66H,4-6,8-9,11-15,17,19-21,26-27,30,33,36,39-65H2,1-3H3/b10-7-,18-16-,24-22-,25-23-,29-28-,32-31-,35-34-,38-37-. The number of unbranched alkanes of at least 4 members (excludes halogenated alkanes) is 30. The minimum absolute atomic E-state index is 0.0778. The lowest BCUT2D eigenvalue weighted by Crippen LogP contribution is -2.30. The topological polar surface area (TPSA) is 78.9 Å². The van der Waals surface area contributed by atoms with Crippen LogP contribution in [0.3, 0.4) is 0 Å². The van der Waals surface area contributed by atoms with E-state index in [9.17, 15) is 14.4 Å². The second kappa shape index (κ2) is 62.9. The van der Waals surface area contributed by atoms with Crippen molar-refractivity contribution in [2.24, 2.45) is 0 Å². The van der Waals surface area contributed by atoms with Crippen molar-refractivity contribution in [3.05, 3.63) is 97.2 Å². The number of esters is 3. The van der Waals surface area contributed by atoms with Crippen LogP contribution in [0.1, 0.15) is 303 Å². The zero-order chi connectivity index (χ0) is 54.3. The molecule has 0 N–H and O–H groups in total. The van der Waals surface area contributed by atoms with Gasteiger partial charge in [0, 0.05) is 19.3 Å². The van der Waals surface area contributed by atoms with E-state index in [1.54, 1.807) is 0 Å². The summed E-state index contributed by atoms with van der Waals surface area (Å²) in [6.07, 6.45) is 84.3. The molecule has 430 valence electrons. The van der Waals surface area contributed by atoms with Crippen LogP contribution in [-0.4, -0.2) is 37.2 Å². The third kappa shape index (κ3) is 61.1. The molecule has 6 heteroatoms. The van der Waals surface area contributed by atoms with Gasteiger partial charge in [0.25, 0.3) is 0 Å². The van der Waals surface area contributed by atoms with Gasteiger partial charge in [-0.2, -0.15) is 0 Å². The first kappa shape index (κ1) is 71.3. The summed E-state index contributed by atoms with van der Waals surface area (Å²) in [5, 5.41) is 0. The molecule has 0 aliphatic carbocycles. The molecule has 0 radical (unpaired) electrons. The molecule has 0 amide bonds. The van der Waals surface area contributed by atoms with E-state index in [0.29, 0.717) is 19.3 Å². The molecule has 75 heavy (non-hydrogen) atoms. The average molecular weight is 1040 g/mol. The normalized spacial score (nSPS) is 12.7. The predicted molar refractivity (Wildman–Crippen MR) is 325 cm³/mol. The Kier molecular flexibility index (Phi) is 59.8. The fraction of sp³-hybridized carbons (Fsp3) is 0.725. The number of ether oxygens (including phenoxy) is 3. The molecule has 0 aromatic rings. The molecule has 0 aromatic heterocycles. The van der Waals surface area contributed by atoms with Gasteiger partial charge in [-0.1, -0.05) is 279 Å². The highest BCUT2D eigenvalue weighted by Crippen LogP contribution is 2.16. The van der Waals surface area contributed by atoms with Crippen LogP contribution in [0.4, 0.5) is 0 Å². The molecule has 1 atom stereocenters. The molecule has 0 rings (SSSR count). The number of carbonyl (C=O) groups excluding carboxylic acids is 3. The highest BCUT2D eigenvalue weighted by molar-refractivity contribution is 5.71. The number of hydrogen-bond donors (Lipinski definition) is 0. The Hall–Kier alpha value is -3.67. The molecule has 0 heterocycles. The summed E-state index contributed by atoms with van der Waals surface area (Å²) in [4.78, 5) is 38.1. The molecule has 0 fully saturated rings. The summed E-state index contributed by atoms with van der Waals surface area (Å²) in [6, 6.07) is 0. The Morgan fingerprint density at radius 1 is 0.280 bits per heavy atom. The second-order valence-electron chi connectivity index (χ2n) is 20.9. The first-order chi connectivity index (χ1) is 37.0.